The first-order valence-electron chi connectivity index (χ1n) is 23.7. The highest BCUT2D eigenvalue weighted by molar-refractivity contribution is 6.11. The first kappa shape index (κ1) is 38.1. The number of nitrogens with one attached hydrogen (secondary N) is 1. The molecule has 3 aliphatic rings. The quantitative estimate of drug-likeness (QED) is 0.177. The Labute approximate surface area is 391 Å². The lowest BCUT2D eigenvalue weighted by atomic mass is 9.82. The Hall–Kier alpha value is -8.20. The lowest BCUT2D eigenvalue weighted by Crippen LogP contribution is -2.14. The summed E-state index contributed by atoms with van der Waals surface area (Å²) in [5.74, 6) is 0. The minimum Gasteiger partial charge on any atom is -0.355 e. The number of rotatable bonds is 6. The van der Waals surface area contributed by atoms with Crippen LogP contribution in [-0.2, 0) is 18.3 Å². The fourth-order valence-electron chi connectivity index (χ4n) is 12.0. The minimum absolute atomic E-state index is 0.0351. The zero-order valence-electron chi connectivity index (χ0n) is 37.6. The van der Waals surface area contributed by atoms with Crippen molar-refractivity contribution in [2.45, 2.75) is 32.1 Å². The second kappa shape index (κ2) is 14.4. The monoisotopic (exact) mass is 854 g/mol. The summed E-state index contributed by atoms with van der Waals surface area (Å²) < 4.78 is 0. The van der Waals surface area contributed by atoms with E-state index in [-0.39, 0.29) is 5.41 Å². The Morgan fingerprint density at radius 1 is 0.343 bits per heavy atom. The molecule has 3 aliphatic carbocycles. The van der Waals surface area contributed by atoms with Crippen LogP contribution in [0.5, 0.6) is 0 Å². The van der Waals surface area contributed by atoms with Crippen molar-refractivity contribution in [1.29, 1.82) is 0 Å². The van der Waals surface area contributed by atoms with Gasteiger partial charge in [-0.1, -0.05) is 166 Å². The summed E-state index contributed by atoms with van der Waals surface area (Å²) in [6.45, 7) is 4.70. The van der Waals surface area contributed by atoms with Crippen LogP contribution in [-0.4, -0.2) is 4.98 Å². The summed E-state index contributed by atoms with van der Waals surface area (Å²) >= 11 is 0. The van der Waals surface area contributed by atoms with Gasteiger partial charge < -0.3 is 9.88 Å². The summed E-state index contributed by atoms with van der Waals surface area (Å²) in [7, 11) is 0. The van der Waals surface area contributed by atoms with E-state index in [9.17, 15) is 0 Å². The standard InChI is InChI=1S/C65H46N2/c1-65(2)61-20-8-7-15-55(61)58-38-60-59-35-43(27-34-63(59)66-64(60)39-62(58)65)40-21-28-46(29-22-40)67(47-30-23-41(24-31-47)49-16-9-18-53-51-13-5-3-11-44(51)36-56(49)53)48-32-25-42(26-33-48)50-17-10-19-54-52-14-6-4-12-45(52)37-57(50)54/h3-35,38-39,66H,36-37H2,1-2H3. The van der Waals surface area contributed by atoms with E-state index in [1.165, 1.54) is 116 Å². The Bertz CT molecular complexity index is 3670. The minimum atomic E-state index is -0.0351. The normalized spacial score (nSPS) is 13.5. The Morgan fingerprint density at radius 3 is 1.39 bits per heavy atom. The fourth-order valence-corrected chi connectivity index (χ4v) is 12.0. The van der Waals surface area contributed by atoms with Gasteiger partial charge in [-0.2, -0.15) is 0 Å². The molecule has 10 aromatic carbocycles. The second-order valence-corrected chi connectivity index (χ2v) is 19.3. The maximum Gasteiger partial charge on any atom is 0.0468 e. The molecule has 11 aromatic rings. The van der Waals surface area contributed by atoms with Crippen LogP contribution in [0, 0.1) is 0 Å². The van der Waals surface area contributed by atoms with E-state index in [1.807, 2.05) is 0 Å². The molecular weight excluding hydrogens is 809 g/mol. The molecular formula is C65H46N2. The van der Waals surface area contributed by atoms with E-state index < -0.39 is 0 Å². The van der Waals surface area contributed by atoms with Crippen molar-refractivity contribution in [3.05, 3.63) is 246 Å². The van der Waals surface area contributed by atoms with Crippen molar-refractivity contribution in [2.24, 2.45) is 0 Å². The maximum absolute atomic E-state index is 3.77. The third-order valence-electron chi connectivity index (χ3n) is 15.3. The molecule has 0 aliphatic heterocycles. The topological polar surface area (TPSA) is 19.0 Å². The molecule has 1 aromatic heterocycles. The highest BCUT2D eigenvalue weighted by Gasteiger charge is 2.36. The van der Waals surface area contributed by atoms with E-state index in [0.29, 0.717) is 0 Å². The predicted octanol–water partition coefficient (Wildman–Crippen LogP) is 17.2. The van der Waals surface area contributed by atoms with E-state index in [1.54, 1.807) is 0 Å². The van der Waals surface area contributed by atoms with Crippen LogP contribution < -0.4 is 4.90 Å². The van der Waals surface area contributed by atoms with Crippen LogP contribution in [0.25, 0.3) is 88.6 Å². The predicted molar refractivity (Wildman–Crippen MR) is 281 cm³/mol. The van der Waals surface area contributed by atoms with E-state index >= 15 is 0 Å². The summed E-state index contributed by atoms with van der Waals surface area (Å²) in [6, 6.07) is 79.4. The number of anilines is 3. The third kappa shape index (κ3) is 5.82. The van der Waals surface area contributed by atoms with E-state index in [0.717, 1.165) is 35.4 Å². The Balaban J connectivity index is 0.835. The largest absolute Gasteiger partial charge is 0.355 e. The second-order valence-electron chi connectivity index (χ2n) is 19.3. The lowest BCUT2D eigenvalue weighted by molar-refractivity contribution is 0.661. The van der Waals surface area contributed by atoms with Crippen molar-refractivity contribution in [2.75, 3.05) is 4.90 Å². The van der Waals surface area contributed by atoms with Gasteiger partial charge in [0.1, 0.15) is 0 Å². The SMILES string of the molecule is CC1(C)c2ccccc2-c2cc3c(cc21)[nH]c1ccc(-c2ccc(N(c4ccc(-c5cccc6c5Cc5ccccc5-6)cc4)c4ccc(-c5cccc6c5Cc5ccccc5-6)cc4)cc2)cc13. The molecule has 0 unspecified atom stereocenters. The van der Waals surface area contributed by atoms with Gasteiger partial charge in [0.05, 0.1) is 0 Å². The maximum atomic E-state index is 3.77. The molecule has 1 heterocycles. The number of hydrogen-bond donors (Lipinski definition) is 1. The van der Waals surface area contributed by atoms with E-state index in [2.05, 4.69) is 236 Å². The molecule has 0 atom stereocenters. The molecule has 0 radical (unpaired) electrons. The number of hydrogen-bond acceptors (Lipinski definition) is 1. The van der Waals surface area contributed by atoms with E-state index in [4.69, 9.17) is 0 Å². The van der Waals surface area contributed by atoms with Crippen LogP contribution in [0.15, 0.2) is 212 Å². The van der Waals surface area contributed by atoms with Crippen molar-refractivity contribution in [3.8, 4) is 66.8 Å². The zero-order chi connectivity index (χ0) is 44.4. The first-order valence-corrected chi connectivity index (χ1v) is 23.7. The number of benzene rings is 10. The van der Waals surface area contributed by atoms with Gasteiger partial charge in [0.25, 0.3) is 0 Å². The molecule has 2 nitrogen and oxygen atoms in total. The molecule has 2 heteroatoms. The van der Waals surface area contributed by atoms with Crippen molar-refractivity contribution in [1.82, 2.24) is 4.98 Å². The molecule has 1 N–H and O–H groups in total. The van der Waals surface area contributed by atoms with Gasteiger partial charge in [0.2, 0.25) is 0 Å². The number of aromatic nitrogens is 1. The number of aromatic amines is 1. The Morgan fingerprint density at radius 2 is 0.806 bits per heavy atom. The fraction of sp³-hybridized carbons (Fsp3) is 0.0769. The molecule has 0 saturated heterocycles. The third-order valence-corrected chi connectivity index (χ3v) is 15.3. The van der Waals surface area contributed by atoms with Crippen molar-refractivity contribution < 1.29 is 0 Å². The first-order chi connectivity index (χ1) is 32.9. The summed E-state index contributed by atoms with van der Waals surface area (Å²) in [5.41, 5.74) is 29.7. The Kier molecular flexibility index (Phi) is 8.19. The molecule has 0 saturated carbocycles. The summed E-state index contributed by atoms with van der Waals surface area (Å²) in [6.07, 6.45) is 1.93. The highest BCUT2D eigenvalue weighted by atomic mass is 15.1. The lowest BCUT2D eigenvalue weighted by Gasteiger charge is -2.26. The highest BCUT2D eigenvalue weighted by Crippen LogP contribution is 2.51. The van der Waals surface area contributed by atoms with Crippen molar-refractivity contribution >= 4 is 38.9 Å². The number of nitrogens with zero attached hydrogens (tertiary/aromatic N) is 1. The average Bonchev–Trinajstić information content (AvgIpc) is 4.12. The number of H-pyrrole nitrogens is 1. The molecule has 14 rings (SSSR count). The summed E-state index contributed by atoms with van der Waals surface area (Å²) in [5, 5.41) is 2.53. The molecule has 0 bridgehead atoms. The molecule has 67 heavy (non-hydrogen) atoms. The van der Waals surface area contributed by atoms with Gasteiger partial charge in [0.15, 0.2) is 0 Å². The van der Waals surface area contributed by atoms with Gasteiger partial charge in [-0.05, 0) is 174 Å². The van der Waals surface area contributed by atoms with Crippen LogP contribution in [0.1, 0.15) is 47.2 Å². The van der Waals surface area contributed by atoms with Gasteiger partial charge in [-0.15, -0.1) is 0 Å². The van der Waals surface area contributed by atoms with Gasteiger partial charge in [-0.25, -0.2) is 0 Å². The molecule has 0 fully saturated rings. The average molecular weight is 855 g/mol. The smallest absolute Gasteiger partial charge is 0.0468 e. The van der Waals surface area contributed by atoms with Crippen LogP contribution in [0.2, 0.25) is 0 Å². The van der Waals surface area contributed by atoms with Gasteiger partial charge in [0, 0.05) is 44.3 Å². The van der Waals surface area contributed by atoms with Crippen molar-refractivity contribution in [3.63, 3.8) is 0 Å². The molecule has 0 spiro atoms. The van der Waals surface area contributed by atoms with Crippen LogP contribution in [0.3, 0.4) is 0 Å². The number of fused-ring (bicyclic) bond motifs is 12. The van der Waals surface area contributed by atoms with Crippen LogP contribution >= 0.6 is 0 Å². The van der Waals surface area contributed by atoms with Gasteiger partial charge >= 0.3 is 0 Å². The zero-order valence-corrected chi connectivity index (χ0v) is 37.6. The molecule has 0 amide bonds. The van der Waals surface area contributed by atoms with Crippen LogP contribution in [0.4, 0.5) is 17.1 Å². The van der Waals surface area contributed by atoms with Gasteiger partial charge in [-0.3, -0.25) is 0 Å². The summed E-state index contributed by atoms with van der Waals surface area (Å²) in [4.78, 5) is 6.17. The molecule has 316 valence electrons.